The Morgan fingerprint density at radius 1 is 1.05 bits per heavy atom. The largest absolute Gasteiger partial charge is 0.334 e. The third-order valence-corrected chi connectivity index (χ3v) is 4.17. The van der Waals surface area contributed by atoms with E-state index in [4.69, 9.17) is 0 Å². The van der Waals surface area contributed by atoms with Gasteiger partial charge in [0.1, 0.15) is 0 Å². The first-order chi connectivity index (χ1) is 9.52. The third kappa shape index (κ3) is 4.22. The Kier molecular flexibility index (Phi) is 7.03. The van der Waals surface area contributed by atoms with Crippen LogP contribution in [0.5, 0.6) is 0 Å². The molecule has 4 nitrogen and oxygen atoms in total. The van der Waals surface area contributed by atoms with Gasteiger partial charge in [0.2, 0.25) is 0 Å². The molecule has 1 rings (SSSR count). The van der Waals surface area contributed by atoms with Crippen LogP contribution in [0.15, 0.2) is 0 Å². The Hall–Kier alpha value is -1.06. The molecule has 2 amide bonds. The van der Waals surface area contributed by atoms with Crippen molar-refractivity contribution in [3.63, 3.8) is 0 Å². The number of carbonyl (C=O) groups is 2. The zero-order chi connectivity index (χ0) is 15.1. The lowest BCUT2D eigenvalue weighted by atomic mass is 9.97. The molecule has 0 radical (unpaired) electrons. The molecule has 1 heterocycles. The second-order valence-corrected chi connectivity index (χ2v) is 5.99. The first-order valence-electron chi connectivity index (χ1n) is 8.14. The number of hydrogen-bond donors (Lipinski definition) is 0. The van der Waals surface area contributed by atoms with Crippen LogP contribution < -0.4 is 0 Å². The van der Waals surface area contributed by atoms with Gasteiger partial charge in [-0.15, -0.1) is 0 Å². The molecule has 0 aromatic rings. The van der Waals surface area contributed by atoms with Crippen molar-refractivity contribution in [2.24, 2.45) is 0 Å². The summed E-state index contributed by atoms with van der Waals surface area (Å²) in [4.78, 5) is 28.5. The lowest BCUT2D eigenvalue weighted by molar-refractivity contribution is -0.155. The Labute approximate surface area is 123 Å². The van der Waals surface area contributed by atoms with E-state index in [1.807, 2.05) is 6.92 Å². The highest BCUT2D eigenvalue weighted by Gasteiger charge is 2.34. The van der Waals surface area contributed by atoms with Gasteiger partial charge in [-0.2, -0.15) is 0 Å². The van der Waals surface area contributed by atoms with Crippen LogP contribution in [-0.4, -0.2) is 46.8 Å². The summed E-state index contributed by atoms with van der Waals surface area (Å²) in [6.07, 6.45) is 6.06. The van der Waals surface area contributed by atoms with Gasteiger partial charge in [0.05, 0.1) is 0 Å². The molecule has 0 saturated carbocycles. The summed E-state index contributed by atoms with van der Waals surface area (Å²) in [5.41, 5.74) is 0. The van der Waals surface area contributed by atoms with Gasteiger partial charge in [-0.25, -0.2) is 0 Å². The van der Waals surface area contributed by atoms with E-state index < -0.39 is 0 Å². The minimum atomic E-state index is -0.305. The van der Waals surface area contributed by atoms with Gasteiger partial charge in [0, 0.05) is 25.2 Å². The molecule has 1 fully saturated rings. The molecule has 0 aromatic heterocycles. The third-order valence-electron chi connectivity index (χ3n) is 4.17. The van der Waals surface area contributed by atoms with Crippen molar-refractivity contribution < 1.29 is 9.59 Å². The first-order valence-corrected chi connectivity index (χ1v) is 8.14. The average molecular weight is 282 g/mol. The van der Waals surface area contributed by atoms with E-state index in [9.17, 15) is 9.59 Å². The molecule has 2 atom stereocenters. The fraction of sp³-hybridized carbons (Fsp3) is 0.875. The standard InChI is InChI=1S/C16H30N2O2/c1-5-7-12-17(11-6-2)15(19)16(20)18-13(3)9-8-10-14(18)4/h13-14H,5-12H2,1-4H3. The SMILES string of the molecule is CCCCN(CCC)C(=O)C(=O)N1C(C)CCCC1C. The van der Waals surface area contributed by atoms with Crippen molar-refractivity contribution in [3.8, 4) is 0 Å². The van der Waals surface area contributed by atoms with E-state index in [0.717, 1.165) is 38.5 Å². The lowest BCUT2D eigenvalue weighted by Crippen LogP contribution is -2.53. The molecule has 1 saturated heterocycles. The van der Waals surface area contributed by atoms with Crippen molar-refractivity contribution in [1.82, 2.24) is 9.80 Å². The highest BCUT2D eigenvalue weighted by molar-refractivity contribution is 6.35. The lowest BCUT2D eigenvalue weighted by Gasteiger charge is -2.39. The fourth-order valence-corrected chi connectivity index (χ4v) is 3.00. The molecule has 0 spiro atoms. The van der Waals surface area contributed by atoms with Crippen LogP contribution in [0.2, 0.25) is 0 Å². The van der Waals surface area contributed by atoms with Crippen molar-refractivity contribution in [3.05, 3.63) is 0 Å². The maximum Gasteiger partial charge on any atom is 0.312 e. The van der Waals surface area contributed by atoms with Crippen LogP contribution in [0, 0.1) is 0 Å². The Bertz CT molecular complexity index is 320. The van der Waals surface area contributed by atoms with E-state index in [1.165, 1.54) is 0 Å². The summed E-state index contributed by atoms with van der Waals surface area (Å²) in [7, 11) is 0. The highest BCUT2D eigenvalue weighted by Crippen LogP contribution is 2.23. The zero-order valence-electron chi connectivity index (χ0n) is 13.5. The summed E-state index contributed by atoms with van der Waals surface area (Å²) >= 11 is 0. The van der Waals surface area contributed by atoms with Crippen LogP contribution in [0.1, 0.15) is 66.2 Å². The smallest absolute Gasteiger partial charge is 0.312 e. The molecule has 2 unspecified atom stereocenters. The normalized spacial score (nSPS) is 22.7. The van der Waals surface area contributed by atoms with Gasteiger partial charge in [0.25, 0.3) is 0 Å². The number of amides is 2. The van der Waals surface area contributed by atoms with Crippen LogP contribution in [0.25, 0.3) is 0 Å². The Morgan fingerprint density at radius 2 is 1.65 bits per heavy atom. The van der Waals surface area contributed by atoms with Crippen LogP contribution in [0.3, 0.4) is 0 Å². The van der Waals surface area contributed by atoms with E-state index in [-0.39, 0.29) is 23.9 Å². The number of nitrogens with zero attached hydrogens (tertiary/aromatic N) is 2. The van der Waals surface area contributed by atoms with Gasteiger partial charge in [-0.05, 0) is 46.0 Å². The maximum absolute atomic E-state index is 12.5. The van der Waals surface area contributed by atoms with Crippen molar-refractivity contribution in [2.45, 2.75) is 78.3 Å². The predicted molar refractivity (Wildman–Crippen MR) is 81.4 cm³/mol. The molecule has 4 heteroatoms. The second-order valence-electron chi connectivity index (χ2n) is 5.99. The number of carbonyl (C=O) groups excluding carboxylic acids is 2. The van der Waals surface area contributed by atoms with E-state index in [2.05, 4.69) is 20.8 Å². The number of piperidine rings is 1. The number of unbranched alkanes of at least 4 members (excludes halogenated alkanes) is 1. The topological polar surface area (TPSA) is 40.6 Å². The molecule has 20 heavy (non-hydrogen) atoms. The van der Waals surface area contributed by atoms with Gasteiger partial charge < -0.3 is 9.80 Å². The van der Waals surface area contributed by atoms with Crippen LogP contribution >= 0.6 is 0 Å². The second kappa shape index (κ2) is 8.28. The fourth-order valence-electron chi connectivity index (χ4n) is 3.00. The molecule has 116 valence electrons. The monoisotopic (exact) mass is 282 g/mol. The van der Waals surface area contributed by atoms with Crippen molar-refractivity contribution >= 4 is 11.8 Å². The number of likely N-dealkylation sites (tertiary alicyclic amines) is 1. The highest BCUT2D eigenvalue weighted by atomic mass is 16.2. The van der Waals surface area contributed by atoms with E-state index in [0.29, 0.717) is 13.1 Å². The van der Waals surface area contributed by atoms with E-state index >= 15 is 0 Å². The summed E-state index contributed by atoms with van der Waals surface area (Å²) in [5.74, 6) is -0.602. The van der Waals surface area contributed by atoms with Crippen LogP contribution in [-0.2, 0) is 9.59 Å². The molecular formula is C16H30N2O2. The Morgan fingerprint density at radius 3 is 2.15 bits per heavy atom. The molecular weight excluding hydrogens is 252 g/mol. The molecule has 1 aliphatic heterocycles. The van der Waals surface area contributed by atoms with Crippen LogP contribution in [0.4, 0.5) is 0 Å². The minimum Gasteiger partial charge on any atom is -0.334 e. The van der Waals surface area contributed by atoms with Gasteiger partial charge >= 0.3 is 11.8 Å². The van der Waals surface area contributed by atoms with Gasteiger partial charge in [-0.3, -0.25) is 9.59 Å². The number of hydrogen-bond acceptors (Lipinski definition) is 2. The summed E-state index contributed by atoms with van der Waals surface area (Å²) in [6, 6.07) is 0.370. The molecule has 0 N–H and O–H groups in total. The van der Waals surface area contributed by atoms with Crippen molar-refractivity contribution in [1.29, 1.82) is 0 Å². The van der Waals surface area contributed by atoms with Gasteiger partial charge in [-0.1, -0.05) is 20.3 Å². The zero-order valence-corrected chi connectivity index (χ0v) is 13.5. The minimum absolute atomic E-state index is 0.185. The average Bonchev–Trinajstić information content (AvgIpc) is 2.42. The summed E-state index contributed by atoms with van der Waals surface area (Å²) in [6.45, 7) is 9.63. The molecule has 0 aromatic carbocycles. The van der Waals surface area contributed by atoms with E-state index in [1.54, 1.807) is 9.80 Å². The molecule has 1 aliphatic rings. The summed E-state index contributed by atoms with van der Waals surface area (Å²) < 4.78 is 0. The molecule has 0 bridgehead atoms. The Balaban J connectivity index is 2.73. The first kappa shape index (κ1) is 17.0. The predicted octanol–water partition coefficient (Wildman–Crippen LogP) is 2.81. The molecule has 0 aliphatic carbocycles. The number of rotatable bonds is 5. The van der Waals surface area contributed by atoms with Crippen molar-refractivity contribution in [2.75, 3.05) is 13.1 Å². The summed E-state index contributed by atoms with van der Waals surface area (Å²) in [5, 5.41) is 0. The maximum atomic E-state index is 12.5. The van der Waals surface area contributed by atoms with Gasteiger partial charge in [0.15, 0.2) is 0 Å². The quantitative estimate of drug-likeness (QED) is 0.728.